The van der Waals surface area contributed by atoms with Crippen molar-refractivity contribution in [2.24, 2.45) is 5.73 Å². The first kappa shape index (κ1) is 18.4. The predicted octanol–water partition coefficient (Wildman–Crippen LogP) is 1.85. The molecule has 0 fully saturated rings. The highest BCUT2D eigenvalue weighted by atomic mass is 35.5. The minimum Gasteiger partial charge on any atom is -0.325 e. The molecule has 1 aromatic heterocycles. The van der Waals surface area contributed by atoms with Crippen LogP contribution in [0.25, 0.3) is 5.69 Å². The number of carbonyl (C=O) groups is 1. The fourth-order valence-electron chi connectivity index (χ4n) is 1.71. The van der Waals surface area contributed by atoms with E-state index in [-0.39, 0.29) is 24.0 Å². The largest absolute Gasteiger partial charge is 0.325 e. The Morgan fingerprint density at radius 2 is 2.32 bits per heavy atom. The molecule has 0 aliphatic carbocycles. The van der Waals surface area contributed by atoms with Gasteiger partial charge in [-0.1, -0.05) is 0 Å². The number of aromatic nitrogens is 3. The number of halogens is 2. The van der Waals surface area contributed by atoms with Crippen molar-refractivity contribution in [3.05, 3.63) is 36.7 Å². The number of nitrogens with two attached hydrogens (primary N) is 1. The molecule has 22 heavy (non-hydrogen) atoms. The molecule has 9 heteroatoms. The lowest BCUT2D eigenvalue weighted by molar-refractivity contribution is -0.117. The molecule has 120 valence electrons. The molecular weight excluding hydrogens is 329 g/mol. The van der Waals surface area contributed by atoms with Gasteiger partial charge in [-0.3, -0.25) is 4.79 Å². The monoisotopic (exact) mass is 345 g/mol. The maximum atomic E-state index is 14.0. The van der Waals surface area contributed by atoms with Gasteiger partial charge in [0, 0.05) is 5.69 Å². The molecule has 0 aliphatic heterocycles. The first-order chi connectivity index (χ1) is 10.1. The number of anilines is 1. The maximum Gasteiger partial charge on any atom is 0.241 e. The van der Waals surface area contributed by atoms with Gasteiger partial charge >= 0.3 is 0 Å². The van der Waals surface area contributed by atoms with E-state index in [4.69, 9.17) is 5.73 Å². The molecule has 0 bridgehead atoms. The zero-order valence-corrected chi connectivity index (χ0v) is 13.5. The van der Waals surface area contributed by atoms with Crippen molar-refractivity contribution in [1.82, 2.24) is 14.8 Å². The number of thioether (sulfide) groups is 1. The first-order valence-corrected chi connectivity index (χ1v) is 7.71. The Hall–Kier alpha value is -1.64. The van der Waals surface area contributed by atoms with Crippen molar-refractivity contribution in [3.8, 4) is 5.69 Å². The van der Waals surface area contributed by atoms with E-state index in [1.807, 2.05) is 6.26 Å². The Kier molecular flexibility index (Phi) is 7.30. The van der Waals surface area contributed by atoms with Crippen LogP contribution >= 0.6 is 24.2 Å². The standard InChI is InChI=1S/C13H16FN5OS.ClH/c1-21-5-4-11(15)13(20)18-9-2-3-12(10(14)6-9)19-8-16-7-17-19;/h2-3,6-8,11H,4-5,15H2,1H3,(H,18,20);1H/t11-;/m0./s1. The van der Waals surface area contributed by atoms with E-state index < -0.39 is 11.9 Å². The first-order valence-electron chi connectivity index (χ1n) is 6.31. The molecule has 1 amide bonds. The van der Waals surface area contributed by atoms with Crippen LogP contribution in [-0.4, -0.2) is 38.7 Å². The normalized spacial score (nSPS) is 11.6. The Labute approximate surface area is 138 Å². The maximum absolute atomic E-state index is 14.0. The van der Waals surface area contributed by atoms with Crippen molar-refractivity contribution in [2.75, 3.05) is 17.3 Å². The lowest BCUT2D eigenvalue weighted by atomic mass is 10.2. The Bertz CT molecular complexity index is 610. The summed E-state index contributed by atoms with van der Waals surface area (Å²) in [7, 11) is 0. The third kappa shape index (κ3) is 4.69. The van der Waals surface area contributed by atoms with Gasteiger partial charge in [0.05, 0.1) is 6.04 Å². The topological polar surface area (TPSA) is 85.8 Å². The van der Waals surface area contributed by atoms with Gasteiger partial charge in [0.1, 0.15) is 18.3 Å². The highest BCUT2D eigenvalue weighted by Gasteiger charge is 2.14. The van der Waals surface area contributed by atoms with Crippen LogP contribution in [0, 0.1) is 5.82 Å². The summed E-state index contributed by atoms with van der Waals surface area (Å²) in [5.74, 6) is -0.0262. The summed E-state index contributed by atoms with van der Waals surface area (Å²) >= 11 is 1.62. The van der Waals surface area contributed by atoms with Crippen LogP contribution in [0.2, 0.25) is 0 Å². The lowest BCUT2D eigenvalue weighted by Crippen LogP contribution is -2.36. The van der Waals surface area contributed by atoms with Crippen LogP contribution in [0.3, 0.4) is 0 Å². The van der Waals surface area contributed by atoms with Gasteiger partial charge < -0.3 is 11.1 Å². The van der Waals surface area contributed by atoms with Crippen molar-refractivity contribution >= 4 is 35.8 Å². The Balaban J connectivity index is 0.00000242. The quantitative estimate of drug-likeness (QED) is 0.834. The average Bonchev–Trinajstić information content (AvgIpc) is 2.98. The summed E-state index contributed by atoms with van der Waals surface area (Å²) in [6, 6.07) is 3.75. The third-order valence-corrected chi connectivity index (χ3v) is 3.49. The lowest BCUT2D eigenvalue weighted by Gasteiger charge is -2.12. The number of nitrogens with zero attached hydrogens (tertiary/aromatic N) is 3. The van der Waals surface area contributed by atoms with Crippen LogP contribution in [0.5, 0.6) is 0 Å². The summed E-state index contributed by atoms with van der Waals surface area (Å²) in [4.78, 5) is 15.6. The number of rotatable bonds is 6. The number of carbonyl (C=O) groups excluding carboxylic acids is 1. The van der Waals surface area contributed by atoms with E-state index >= 15 is 0 Å². The van der Waals surface area contributed by atoms with Gasteiger partial charge in [0.25, 0.3) is 0 Å². The number of nitrogens with one attached hydrogen (secondary N) is 1. The summed E-state index contributed by atoms with van der Waals surface area (Å²) in [5.41, 5.74) is 6.38. The molecule has 0 spiro atoms. The molecular formula is C13H17ClFN5OS. The summed E-state index contributed by atoms with van der Waals surface area (Å²) < 4.78 is 15.3. The summed E-state index contributed by atoms with van der Waals surface area (Å²) in [5, 5.41) is 6.46. The fourth-order valence-corrected chi connectivity index (χ4v) is 2.20. The number of benzene rings is 1. The SMILES string of the molecule is CSCC[C@H](N)C(=O)Nc1ccc(-n2cncn2)c(F)c1.Cl. The Morgan fingerprint density at radius 1 is 1.55 bits per heavy atom. The molecule has 0 unspecified atom stereocenters. The number of hydrogen-bond acceptors (Lipinski definition) is 5. The molecule has 0 radical (unpaired) electrons. The number of hydrogen-bond donors (Lipinski definition) is 2. The minimum absolute atomic E-state index is 0. The van der Waals surface area contributed by atoms with Crippen molar-refractivity contribution in [2.45, 2.75) is 12.5 Å². The van der Waals surface area contributed by atoms with Crippen LogP contribution in [0.1, 0.15) is 6.42 Å². The smallest absolute Gasteiger partial charge is 0.241 e. The van der Waals surface area contributed by atoms with E-state index in [9.17, 15) is 9.18 Å². The molecule has 1 atom stereocenters. The molecule has 6 nitrogen and oxygen atoms in total. The second kappa shape index (κ2) is 8.72. The van der Waals surface area contributed by atoms with E-state index in [1.54, 1.807) is 17.8 Å². The minimum atomic E-state index is -0.601. The number of amides is 1. The van der Waals surface area contributed by atoms with Crippen LogP contribution < -0.4 is 11.1 Å². The molecule has 2 rings (SSSR count). The van der Waals surface area contributed by atoms with Crippen molar-refractivity contribution < 1.29 is 9.18 Å². The molecule has 0 saturated heterocycles. The van der Waals surface area contributed by atoms with E-state index in [2.05, 4.69) is 15.4 Å². The van der Waals surface area contributed by atoms with Gasteiger partial charge in [0.15, 0.2) is 5.82 Å². The predicted molar refractivity (Wildman–Crippen MR) is 88.2 cm³/mol. The zero-order valence-electron chi connectivity index (χ0n) is 11.9. The fraction of sp³-hybridized carbons (Fsp3) is 0.308. The Morgan fingerprint density at radius 3 is 2.91 bits per heavy atom. The second-order valence-electron chi connectivity index (χ2n) is 4.38. The highest BCUT2D eigenvalue weighted by molar-refractivity contribution is 7.98. The van der Waals surface area contributed by atoms with Crippen LogP contribution in [0.15, 0.2) is 30.9 Å². The molecule has 2 aromatic rings. The van der Waals surface area contributed by atoms with E-state index in [0.29, 0.717) is 12.1 Å². The zero-order chi connectivity index (χ0) is 15.2. The van der Waals surface area contributed by atoms with Crippen molar-refractivity contribution in [1.29, 1.82) is 0 Å². The highest BCUT2D eigenvalue weighted by Crippen LogP contribution is 2.17. The second-order valence-corrected chi connectivity index (χ2v) is 5.37. The molecule has 1 heterocycles. The van der Waals surface area contributed by atoms with Gasteiger partial charge in [-0.2, -0.15) is 16.9 Å². The third-order valence-electron chi connectivity index (χ3n) is 2.85. The van der Waals surface area contributed by atoms with E-state index in [1.165, 1.54) is 29.5 Å². The summed E-state index contributed by atoms with van der Waals surface area (Å²) in [6.07, 6.45) is 5.24. The molecule has 1 aromatic carbocycles. The van der Waals surface area contributed by atoms with Crippen molar-refractivity contribution in [3.63, 3.8) is 0 Å². The molecule has 0 saturated carbocycles. The van der Waals surface area contributed by atoms with Crippen LogP contribution in [0.4, 0.5) is 10.1 Å². The van der Waals surface area contributed by atoms with Crippen LogP contribution in [-0.2, 0) is 4.79 Å². The van der Waals surface area contributed by atoms with Gasteiger partial charge in [-0.05, 0) is 36.6 Å². The van der Waals surface area contributed by atoms with E-state index in [0.717, 1.165) is 5.75 Å². The molecule has 3 N–H and O–H groups in total. The summed E-state index contributed by atoms with van der Waals surface area (Å²) in [6.45, 7) is 0. The molecule has 0 aliphatic rings. The average molecular weight is 346 g/mol. The van der Waals surface area contributed by atoms with Gasteiger partial charge in [-0.15, -0.1) is 12.4 Å². The van der Waals surface area contributed by atoms with Gasteiger partial charge in [-0.25, -0.2) is 14.1 Å². The van der Waals surface area contributed by atoms with Gasteiger partial charge in [0.2, 0.25) is 5.91 Å².